The first kappa shape index (κ1) is 15.1. The van der Waals surface area contributed by atoms with Crippen LogP contribution >= 0.6 is 0 Å². The fourth-order valence-corrected chi connectivity index (χ4v) is 3.71. The lowest BCUT2D eigenvalue weighted by Crippen LogP contribution is -2.39. The number of ether oxygens (including phenoxy) is 4. The van der Waals surface area contributed by atoms with E-state index >= 15 is 0 Å². The van der Waals surface area contributed by atoms with Crippen LogP contribution in [0.3, 0.4) is 0 Å². The second-order valence-corrected chi connectivity index (χ2v) is 6.17. The molecule has 0 amide bonds. The van der Waals surface area contributed by atoms with Crippen molar-refractivity contribution in [3.8, 4) is 0 Å². The molecule has 1 heterocycles. The van der Waals surface area contributed by atoms with Crippen LogP contribution in [0.5, 0.6) is 0 Å². The summed E-state index contributed by atoms with van der Waals surface area (Å²) in [7, 11) is -0.0694. The summed E-state index contributed by atoms with van der Waals surface area (Å²) in [5.74, 6) is -0.796. The van der Waals surface area contributed by atoms with Crippen molar-refractivity contribution in [3.63, 3.8) is 0 Å². The van der Waals surface area contributed by atoms with Crippen molar-refractivity contribution in [2.45, 2.75) is 51.4 Å². The number of hydrogen-bond donors (Lipinski definition) is 0. The van der Waals surface area contributed by atoms with Crippen LogP contribution < -0.4 is 0 Å². The van der Waals surface area contributed by atoms with Gasteiger partial charge in [-0.3, -0.25) is 0 Å². The van der Waals surface area contributed by atoms with E-state index in [0.717, 1.165) is 13.0 Å². The highest BCUT2D eigenvalue weighted by Crippen LogP contribution is 2.23. The first-order valence-electron chi connectivity index (χ1n) is 6.79. The van der Waals surface area contributed by atoms with Gasteiger partial charge in [0.05, 0.1) is 12.7 Å². The van der Waals surface area contributed by atoms with E-state index in [1.165, 1.54) is 12.1 Å². The summed E-state index contributed by atoms with van der Waals surface area (Å²) < 4.78 is 22.3. The van der Waals surface area contributed by atoms with E-state index in [4.69, 9.17) is 18.9 Å². The predicted octanol–water partition coefficient (Wildman–Crippen LogP) is 1.54. The zero-order valence-corrected chi connectivity index (χ0v) is 12.8. The van der Waals surface area contributed by atoms with Crippen molar-refractivity contribution >= 4 is 9.52 Å². The maximum absolute atomic E-state index is 5.68. The van der Waals surface area contributed by atoms with E-state index < -0.39 is 5.97 Å². The van der Waals surface area contributed by atoms with Gasteiger partial charge in [0.25, 0.3) is 5.97 Å². The normalized spacial score (nSPS) is 20.3. The second kappa shape index (κ2) is 8.21. The molecule has 0 aliphatic carbocycles. The van der Waals surface area contributed by atoms with Gasteiger partial charge in [0.1, 0.15) is 0 Å². The lowest BCUT2D eigenvalue weighted by atomic mass is 10.4. The quantitative estimate of drug-likeness (QED) is 0.245. The van der Waals surface area contributed by atoms with Crippen molar-refractivity contribution in [2.24, 2.45) is 0 Å². The summed E-state index contributed by atoms with van der Waals surface area (Å²) in [6.07, 6.45) is 1.42. The topological polar surface area (TPSA) is 40.2 Å². The first-order chi connectivity index (χ1) is 8.26. The number of rotatable bonds is 11. The molecular weight excluding hydrogens is 236 g/mol. The third-order valence-electron chi connectivity index (χ3n) is 2.75. The minimum atomic E-state index is -0.796. The Kier molecular flexibility index (Phi) is 7.30. The van der Waals surface area contributed by atoms with Gasteiger partial charge >= 0.3 is 0 Å². The third-order valence-corrected chi connectivity index (χ3v) is 4.66. The summed E-state index contributed by atoms with van der Waals surface area (Å²) in [4.78, 5) is 0. The van der Waals surface area contributed by atoms with E-state index in [1.54, 1.807) is 0 Å². The van der Waals surface area contributed by atoms with Gasteiger partial charge in [-0.15, -0.1) is 0 Å². The number of hydrogen-bond acceptors (Lipinski definition) is 4. The molecule has 0 N–H and O–H groups in total. The van der Waals surface area contributed by atoms with Gasteiger partial charge in [0, 0.05) is 35.8 Å². The summed E-state index contributed by atoms with van der Waals surface area (Å²) in [6, 6.07) is 2.46. The monoisotopic (exact) mass is 262 g/mol. The Morgan fingerprint density at radius 3 is 2.06 bits per heavy atom. The smallest absolute Gasteiger partial charge is 0.282 e. The van der Waals surface area contributed by atoms with Crippen LogP contribution in [0, 0.1) is 0 Å². The predicted molar refractivity (Wildman–Crippen MR) is 70.1 cm³/mol. The first-order valence-corrected chi connectivity index (χ1v) is 8.79. The van der Waals surface area contributed by atoms with Crippen molar-refractivity contribution in [1.29, 1.82) is 0 Å². The fraction of sp³-hybridized carbons (Fsp3) is 1.00. The zero-order valence-electron chi connectivity index (χ0n) is 11.4. The van der Waals surface area contributed by atoms with Crippen LogP contribution in [-0.4, -0.2) is 48.0 Å². The van der Waals surface area contributed by atoms with Crippen LogP contribution in [0.4, 0.5) is 0 Å². The van der Waals surface area contributed by atoms with E-state index in [0.29, 0.717) is 25.9 Å². The SMILES string of the molecule is CCOC(CC[SiH2]CC1CO1)(OCC)OCC. The highest BCUT2D eigenvalue weighted by Gasteiger charge is 2.32. The Bertz CT molecular complexity index is 180. The molecule has 0 bridgehead atoms. The van der Waals surface area contributed by atoms with Gasteiger partial charge in [0.2, 0.25) is 0 Å². The number of epoxide rings is 1. The molecule has 0 aromatic heterocycles. The Balaban J connectivity index is 2.29. The van der Waals surface area contributed by atoms with Crippen molar-refractivity contribution in [2.75, 3.05) is 26.4 Å². The molecule has 17 heavy (non-hydrogen) atoms. The van der Waals surface area contributed by atoms with Crippen LogP contribution in [0.25, 0.3) is 0 Å². The highest BCUT2D eigenvalue weighted by atomic mass is 28.2. The Hall–Kier alpha value is 0.0569. The van der Waals surface area contributed by atoms with Gasteiger partial charge in [0.15, 0.2) is 0 Å². The molecule has 0 spiro atoms. The van der Waals surface area contributed by atoms with E-state index in [9.17, 15) is 0 Å². The molecule has 1 rings (SSSR count). The van der Waals surface area contributed by atoms with Crippen molar-refractivity contribution < 1.29 is 18.9 Å². The molecular formula is C12H26O4Si. The fourth-order valence-electron chi connectivity index (χ4n) is 1.95. The molecule has 1 saturated heterocycles. The van der Waals surface area contributed by atoms with Crippen LogP contribution in [0.2, 0.25) is 12.1 Å². The minimum Gasteiger partial charge on any atom is -0.373 e. The third kappa shape index (κ3) is 5.97. The summed E-state index contributed by atoms with van der Waals surface area (Å²) in [6.45, 7) is 8.75. The van der Waals surface area contributed by atoms with Crippen LogP contribution in [0.1, 0.15) is 27.2 Å². The molecule has 0 aromatic rings. The van der Waals surface area contributed by atoms with Gasteiger partial charge in [-0.25, -0.2) is 0 Å². The van der Waals surface area contributed by atoms with Gasteiger partial charge < -0.3 is 18.9 Å². The summed E-state index contributed by atoms with van der Waals surface area (Å²) in [5.41, 5.74) is 0. The summed E-state index contributed by atoms with van der Waals surface area (Å²) >= 11 is 0. The molecule has 0 saturated carbocycles. The molecule has 0 radical (unpaired) electrons. The molecule has 5 heteroatoms. The lowest BCUT2D eigenvalue weighted by Gasteiger charge is -2.32. The molecule has 1 unspecified atom stereocenters. The molecule has 1 atom stereocenters. The molecule has 0 aromatic carbocycles. The van der Waals surface area contributed by atoms with Crippen molar-refractivity contribution in [1.82, 2.24) is 0 Å². The lowest BCUT2D eigenvalue weighted by molar-refractivity contribution is -0.377. The second-order valence-electron chi connectivity index (χ2n) is 4.18. The average molecular weight is 262 g/mol. The Labute approximate surface area is 107 Å². The van der Waals surface area contributed by atoms with Crippen LogP contribution in [-0.2, 0) is 18.9 Å². The van der Waals surface area contributed by atoms with E-state index in [-0.39, 0.29) is 9.52 Å². The van der Waals surface area contributed by atoms with E-state index in [1.807, 2.05) is 20.8 Å². The Morgan fingerprint density at radius 2 is 1.65 bits per heavy atom. The highest BCUT2D eigenvalue weighted by molar-refractivity contribution is 6.35. The van der Waals surface area contributed by atoms with Gasteiger partial charge in [-0.05, 0) is 26.8 Å². The molecule has 1 aliphatic rings. The average Bonchev–Trinajstić information content (AvgIpc) is 3.09. The standard InChI is InChI=1S/C12H26O4Si/c1-4-14-12(15-5-2,16-6-3)7-8-17-10-11-9-13-11/h11H,4-10,17H2,1-3H3. The largest absolute Gasteiger partial charge is 0.373 e. The van der Waals surface area contributed by atoms with Crippen LogP contribution in [0.15, 0.2) is 0 Å². The molecule has 1 fully saturated rings. The van der Waals surface area contributed by atoms with Crippen molar-refractivity contribution in [3.05, 3.63) is 0 Å². The minimum absolute atomic E-state index is 0.0694. The zero-order chi connectivity index (χ0) is 12.6. The molecule has 1 aliphatic heterocycles. The van der Waals surface area contributed by atoms with E-state index in [2.05, 4.69) is 0 Å². The summed E-state index contributed by atoms with van der Waals surface area (Å²) in [5, 5.41) is 0. The maximum atomic E-state index is 5.68. The Morgan fingerprint density at radius 1 is 1.12 bits per heavy atom. The molecule has 4 nitrogen and oxygen atoms in total. The maximum Gasteiger partial charge on any atom is 0.282 e. The van der Waals surface area contributed by atoms with Gasteiger partial charge in [-0.2, -0.15) is 0 Å². The van der Waals surface area contributed by atoms with Gasteiger partial charge in [-0.1, -0.05) is 6.04 Å². The molecule has 102 valence electrons.